The molecular formula is C36H44O16. The van der Waals surface area contributed by atoms with E-state index in [1.54, 1.807) is 37.3 Å². The van der Waals surface area contributed by atoms with Crippen molar-refractivity contribution in [1.82, 2.24) is 0 Å². The number of carbonyl (C=O) groups excluding carboxylic acids is 5. The molecule has 0 fully saturated rings. The molecule has 0 spiro atoms. The van der Waals surface area contributed by atoms with E-state index in [1.807, 2.05) is 6.07 Å². The lowest BCUT2D eigenvalue weighted by Gasteiger charge is -2.23. The van der Waals surface area contributed by atoms with Gasteiger partial charge >= 0.3 is 24.1 Å². The van der Waals surface area contributed by atoms with Crippen molar-refractivity contribution in [3.8, 4) is 5.75 Å². The molecule has 0 amide bonds. The van der Waals surface area contributed by atoms with E-state index in [0.717, 1.165) is 6.08 Å². The molecule has 1 heterocycles. The fraction of sp³-hybridized carbons (Fsp3) is 0.472. The topological polar surface area (TPSA) is 187 Å². The van der Waals surface area contributed by atoms with E-state index in [9.17, 15) is 24.0 Å². The molecule has 284 valence electrons. The Morgan fingerprint density at radius 1 is 0.596 bits per heavy atom. The molecule has 0 saturated carbocycles. The standard InChI is InChI=1S/C36H44O16/c1-27(37)50-30-11-7-6-10-29(30)33(39)51-35(41)49-25-23-47-21-19-45-17-15-43-13-12-42-14-16-44-18-20-46-22-24-48-34(40)31-26-32(38)36(2,52-31)28-8-4-3-5-9-28/h3-11,26H,12-25H2,1-2H3. The van der Waals surface area contributed by atoms with E-state index in [4.69, 9.17) is 47.4 Å². The molecule has 2 aromatic carbocycles. The smallest absolute Gasteiger partial charge is 0.467 e. The molecule has 52 heavy (non-hydrogen) atoms. The average molecular weight is 733 g/mol. The maximum Gasteiger partial charge on any atom is 0.516 e. The van der Waals surface area contributed by atoms with Gasteiger partial charge in [-0.15, -0.1) is 0 Å². The normalized spacial score (nSPS) is 15.0. The van der Waals surface area contributed by atoms with E-state index in [2.05, 4.69) is 4.74 Å². The first-order chi connectivity index (χ1) is 25.2. The van der Waals surface area contributed by atoms with Crippen LogP contribution in [-0.2, 0) is 67.4 Å². The number of para-hydroxylation sites is 1. The average Bonchev–Trinajstić information content (AvgIpc) is 3.45. The summed E-state index contributed by atoms with van der Waals surface area (Å²) < 4.78 is 57.5. The molecule has 2 aromatic rings. The van der Waals surface area contributed by atoms with E-state index in [0.29, 0.717) is 65.0 Å². The Morgan fingerprint density at radius 3 is 1.58 bits per heavy atom. The maximum atomic E-state index is 12.5. The van der Waals surface area contributed by atoms with E-state index < -0.39 is 29.7 Å². The van der Waals surface area contributed by atoms with Gasteiger partial charge in [0, 0.05) is 18.6 Å². The summed E-state index contributed by atoms with van der Waals surface area (Å²) in [5.41, 5.74) is -0.701. The Bertz CT molecular complexity index is 1460. The fourth-order valence-electron chi connectivity index (χ4n) is 4.30. The predicted octanol–water partition coefficient (Wildman–Crippen LogP) is 2.95. The van der Waals surface area contributed by atoms with Gasteiger partial charge in [0.2, 0.25) is 11.5 Å². The molecule has 0 N–H and O–H groups in total. The van der Waals surface area contributed by atoms with Gasteiger partial charge in [-0.2, -0.15) is 0 Å². The molecule has 1 aliphatic heterocycles. The lowest BCUT2D eigenvalue weighted by molar-refractivity contribution is -0.148. The van der Waals surface area contributed by atoms with Crippen molar-refractivity contribution in [2.75, 3.05) is 92.5 Å². The Hall–Kier alpha value is -4.71. The van der Waals surface area contributed by atoms with Crippen LogP contribution < -0.4 is 4.74 Å². The summed E-state index contributed by atoms with van der Waals surface area (Å²) >= 11 is 0. The molecule has 0 bridgehead atoms. The summed E-state index contributed by atoms with van der Waals surface area (Å²) in [6, 6.07) is 14.8. The van der Waals surface area contributed by atoms with Crippen molar-refractivity contribution < 1.29 is 76.1 Å². The van der Waals surface area contributed by atoms with Crippen LogP contribution in [0.15, 0.2) is 66.4 Å². The second-order valence-corrected chi connectivity index (χ2v) is 10.8. The van der Waals surface area contributed by atoms with Crippen molar-refractivity contribution in [2.45, 2.75) is 19.4 Å². The Labute approximate surface area is 301 Å². The van der Waals surface area contributed by atoms with Crippen molar-refractivity contribution in [2.24, 2.45) is 0 Å². The van der Waals surface area contributed by atoms with Crippen LogP contribution in [0.5, 0.6) is 5.75 Å². The number of rotatable bonds is 25. The number of hydrogen-bond acceptors (Lipinski definition) is 16. The van der Waals surface area contributed by atoms with Crippen LogP contribution >= 0.6 is 0 Å². The van der Waals surface area contributed by atoms with Crippen molar-refractivity contribution >= 4 is 29.8 Å². The summed E-state index contributed by atoms with van der Waals surface area (Å²) in [4.78, 5) is 59.8. The van der Waals surface area contributed by atoms with Gasteiger partial charge < -0.3 is 52.1 Å². The molecule has 0 aliphatic carbocycles. The SMILES string of the molecule is CC(=O)Oc1ccccc1C(=O)OC(=O)OCCOCCOCCOCCOCCOCCOCCOC(=O)C1=CC(=O)C(C)(c2ccccc2)O1. The molecule has 3 rings (SSSR count). The zero-order chi connectivity index (χ0) is 37.4. The fourth-order valence-corrected chi connectivity index (χ4v) is 4.30. The summed E-state index contributed by atoms with van der Waals surface area (Å²) in [5, 5.41) is 0. The minimum absolute atomic E-state index is 0.00211. The van der Waals surface area contributed by atoms with Crippen LogP contribution in [0.1, 0.15) is 29.8 Å². The van der Waals surface area contributed by atoms with Gasteiger partial charge in [0.1, 0.15) is 24.5 Å². The summed E-state index contributed by atoms with van der Waals surface area (Å²) in [6.07, 6.45) is -0.0519. The molecule has 1 unspecified atom stereocenters. The first-order valence-electron chi connectivity index (χ1n) is 16.5. The molecule has 1 aliphatic rings. The maximum absolute atomic E-state index is 12.5. The molecule has 16 nitrogen and oxygen atoms in total. The number of benzene rings is 2. The third-order valence-corrected chi connectivity index (χ3v) is 6.88. The molecule has 16 heteroatoms. The highest BCUT2D eigenvalue weighted by Crippen LogP contribution is 2.35. The monoisotopic (exact) mass is 732 g/mol. The summed E-state index contributed by atoms with van der Waals surface area (Å²) in [6.45, 7) is 6.30. The van der Waals surface area contributed by atoms with Crippen molar-refractivity contribution in [3.63, 3.8) is 0 Å². The van der Waals surface area contributed by atoms with Crippen LogP contribution in [0.2, 0.25) is 0 Å². The van der Waals surface area contributed by atoms with Crippen LogP contribution in [-0.4, -0.2) is 122 Å². The highest BCUT2D eigenvalue weighted by atomic mass is 16.7. The van der Waals surface area contributed by atoms with Crippen LogP contribution in [0.4, 0.5) is 4.79 Å². The van der Waals surface area contributed by atoms with E-state index >= 15 is 0 Å². The van der Waals surface area contributed by atoms with E-state index in [1.165, 1.54) is 25.1 Å². The second kappa shape index (κ2) is 23.7. The summed E-state index contributed by atoms with van der Waals surface area (Å²) in [7, 11) is 0. The second-order valence-electron chi connectivity index (χ2n) is 10.8. The Balaban J connectivity index is 1.03. The zero-order valence-electron chi connectivity index (χ0n) is 29.2. The number of esters is 3. The largest absolute Gasteiger partial charge is 0.516 e. The highest BCUT2D eigenvalue weighted by molar-refractivity contribution is 6.06. The first kappa shape index (κ1) is 41.7. The number of carbonyl (C=O) groups is 5. The Kier molecular flexibility index (Phi) is 19.0. The van der Waals surface area contributed by atoms with Crippen molar-refractivity contribution in [3.05, 3.63) is 77.6 Å². The first-order valence-corrected chi connectivity index (χ1v) is 16.5. The van der Waals surface area contributed by atoms with Gasteiger partial charge in [-0.25, -0.2) is 14.4 Å². The van der Waals surface area contributed by atoms with E-state index in [-0.39, 0.29) is 55.9 Å². The van der Waals surface area contributed by atoms with Gasteiger partial charge in [0.05, 0.1) is 79.3 Å². The van der Waals surface area contributed by atoms with Crippen LogP contribution in [0.25, 0.3) is 0 Å². The molecule has 0 radical (unpaired) electrons. The number of ketones is 1. The third-order valence-electron chi connectivity index (χ3n) is 6.88. The highest BCUT2D eigenvalue weighted by Gasteiger charge is 2.44. The molecule has 0 aromatic heterocycles. The predicted molar refractivity (Wildman–Crippen MR) is 178 cm³/mol. The number of hydrogen-bond donors (Lipinski definition) is 0. The minimum Gasteiger partial charge on any atom is -0.467 e. The van der Waals surface area contributed by atoms with Gasteiger partial charge in [0.25, 0.3) is 0 Å². The minimum atomic E-state index is -1.26. The third kappa shape index (κ3) is 15.3. The van der Waals surface area contributed by atoms with Gasteiger partial charge in [-0.3, -0.25) is 9.59 Å². The summed E-state index contributed by atoms with van der Waals surface area (Å²) in [5.74, 6) is -2.86. The van der Waals surface area contributed by atoms with Gasteiger partial charge in [-0.1, -0.05) is 42.5 Å². The zero-order valence-corrected chi connectivity index (χ0v) is 29.2. The molecule has 0 saturated heterocycles. The lowest BCUT2D eigenvalue weighted by Crippen LogP contribution is -2.30. The van der Waals surface area contributed by atoms with Crippen molar-refractivity contribution in [1.29, 1.82) is 0 Å². The van der Waals surface area contributed by atoms with Crippen LogP contribution in [0, 0.1) is 0 Å². The molecular weight excluding hydrogens is 688 g/mol. The van der Waals surface area contributed by atoms with Gasteiger partial charge in [0.15, 0.2) is 5.60 Å². The Morgan fingerprint density at radius 2 is 1.06 bits per heavy atom. The quantitative estimate of drug-likeness (QED) is 0.0627. The number of ether oxygens (including phenoxy) is 11. The molecule has 1 atom stereocenters. The lowest BCUT2D eigenvalue weighted by atomic mass is 9.92. The van der Waals surface area contributed by atoms with Crippen LogP contribution in [0.3, 0.4) is 0 Å². The van der Waals surface area contributed by atoms with Gasteiger partial charge in [-0.05, 0) is 19.1 Å².